The van der Waals surface area contributed by atoms with Gasteiger partial charge in [-0.1, -0.05) is 39.1 Å². The summed E-state index contributed by atoms with van der Waals surface area (Å²) in [7, 11) is 1.97. The molecule has 2 aromatic carbocycles. The number of aromatic nitrogens is 2. The molecule has 3 aromatic rings. The summed E-state index contributed by atoms with van der Waals surface area (Å²) >= 11 is 16.7. The molecule has 0 bridgehead atoms. The molecule has 1 fully saturated rings. The van der Waals surface area contributed by atoms with Gasteiger partial charge in [-0.05, 0) is 42.3 Å². The number of imidazole rings is 1. The standard InChI is InChI=1S/C21H20BrCl2N3O2/c1-12-15(22)4-6-17-20(12)25-18(26(17)2)11-14-16(23)5-3-13(19(14)24)21(28)27-7-9-29-10-8-27/h3-6H,7-11H2,1-2H3. The molecular formula is C21H20BrCl2N3O2. The second-order valence-electron chi connectivity index (χ2n) is 7.10. The first-order valence-electron chi connectivity index (χ1n) is 9.32. The van der Waals surface area contributed by atoms with Crippen LogP contribution >= 0.6 is 39.1 Å². The van der Waals surface area contributed by atoms with Crippen molar-refractivity contribution in [2.75, 3.05) is 26.3 Å². The summed E-state index contributed by atoms with van der Waals surface area (Å²) in [6.45, 7) is 4.24. The fraction of sp³-hybridized carbons (Fsp3) is 0.333. The molecule has 2 heterocycles. The molecule has 29 heavy (non-hydrogen) atoms. The maximum atomic E-state index is 12.9. The van der Waals surface area contributed by atoms with Crippen molar-refractivity contribution >= 4 is 56.1 Å². The van der Waals surface area contributed by atoms with Crippen molar-refractivity contribution in [3.63, 3.8) is 0 Å². The van der Waals surface area contributed by atoms with Gasteiger partial charge in [0.1, 0.15) is 5.82 Å². The van der Waals surface area contributed by atoms with Crippen LogP contribution in [-0.2, 0) is 18.2 Å². The fourth-order valence-corrected chi connectivity index (χ4v) is 4.50. The van der Waals surface area contributed by atoms with Crippen LogP contribution in [0.3, 0.4) is 0 Å². The summed E-state index contributed by atoms with van der Waals surface area (Å²) in [6, 6.07) is 7.48. The quantitative estimate of drug-likeness (QED) is 0.511. The maximum Gasteiger partial charge on any atom is 0.255 e. The normalized spacial score (nSPS) is 14.6. The van der Waals surface area contributed by atoms with Gasteiger partial charge in [0, 0.05) is 36.1 Å². The van der Waals surface area contributed by atoms with Gasteiger partial charge in [0.2, 0.25) is 0 Å². The largest absolute Gasteiger partial charge is 0.378 e. The molecule has 8 heteroatoms. The van der Waals surface area contributed by atoms with Crippen molar-refractivity contribution in [2.45, 2.75) is 13.3 Å². The number of hydrogen-bond acceptors (Lipinski definition) is 3. The molecule has 0 unspecified atom stereocenters. The van der Waals surface area contributed by atoms with Crippen LogP contribution in [0.1, 0.15) is 27.3 Å². The van der Waals surface area contributed by atoms with Crippen molar-refractivity contribution in [2.24, 2.45) is 7.05 Å². The van der Waals surface area contributed by atoms with Gasteiger partial charge in [-0.25, -0.2) is 4.98 Å². The Morgan fingerprint density at radius 2 is 1.93 bits per heavy atom. The minimum absolute atomic E-state index is 0.0963. The van der Waals surface area contributed by atoms with Crippen LogP contribution in [0.4, 0.5) is 0 Å². The third kappa shape index (κ3) is 3.79. The first-order chi connectivity index (χ1) is 13.9. The molecule has 4 rings (SSSR count). The molecule has 5 nitrogen and oxygen atoms in total. The first-order valence-corrected chi connectivity index (χ1v) is 10.9. The highest BCUT2D eigenvalue weighted by Crippen LogP contribution is 2.33. The van der Waals surface area contributed by atoms with E-state index < -0.39 is 0 Å². The van der Waals surface area contributed by atoms with E-state index >= 15 is 0 Å². The van der Waals surface area contributed by atoms with Crippen LogP contribution in [0.5, 0.6) is 0 Å². The van der Waals surface area contributed by atoms with Crippen LogP contribution < -0.4 is 0 Å². The molecule has 0 saturated carbocycles. The Morgan fingerprint density at radius 3 is 2.66 bits per heavy atom. The van der Waals surface area contributed by atoms with Gasteiger partial charge in [-0.3, -0.25) is 4.79 Å². The Kier molecular flexibility index (Phi) is 5.89. The van der Waals surface area contributed by atoms with Crippen LogP contribution in [0, 0.1) is 6.92 Å². The zero-order chi connectivity index (χ0) is 20.7. The Hall–Kier alpha value is -1.60. The SMILES string of the molecule is Cc1c(Br)ccc2c1nc(Cc1c(Cl)ccc(C(=O)N3CCOCC3)c1Cl)n2C. The zero-order valence-corrected chi connectivity index (χ0v) is 19.2. The highest BCUT2D eigenvalue weighted by atomic mass is 79.9. The summed E-state index contributed by atoms with van der Waals surface area (Å²) in [6.07, 6.45) is 0.435. The number of benzene rings is 2. The smallest absolute Gasteiger partial charge is 0.255 e. The molecular weight excluding hydrogens is 477 g/mol. The van der Waals surface area contributed by atoms with Gasteiger partial charge in [0.25, 0.3) is 5.91 Å². The number of amides is 1. The van der Waals surface area contributed by atoms with E-state index in [4.69, 9.17) is 32.9 Å². The van der Waals surface area contributed by atoms with E-state index in [0.717, 1.165) is 26.9 Å². The second kappa shape index (κ2) is 8.26. The van der Waals surface area contributed by atoms with Crippen LogP contribution in [0.2, 0.25) is 10.0 Å². The maximum absolute atomic E-state index is 12.9. The highest BCUT2D eigenvalue weighted by molar-refractivity contribution is 9.10. The monoisotopic (exact) mass is 495 g/mol. The fourth-order valence-electron chi connectivity index (χ4n) is 3.59. The molecule has 1 aliphatic rings. The molecule has 1 aromatic heterocycles. The number of halogens is 3. The van der Waals surface area contributed by atoms with E-state index in [9.17, 15) is 4.79 Å². The molecule has 1 amide bonds. The molecule has 0 N–H and O–H groups in total. The Labute approximate surface area is 187 Å². The predicted octanol–water partition coefficient (Wildman–Crippen LogP) is 5.01. The number of nitrogens with zero attached hydrogens (tertiary/aromatic N) is 3. The average molecular weight is 497 g/mol. The zero-order valence-electron chi connectivity index (χ0n) is 16.1. The molecule has 0 aliphatic carbocycles. The number of fused-ring (bicyclic) bond motifs is 1. The van der Waals surface area contributed by atoms with E-state index in [1.807, 2.05) is 30.7 Å². The van der Waals surface area contributed by atoms with Gasteiger partial charge in [0.05, 0.1) is 34.8 Å². The summed E-state index contributed by atoms with van der Waals surface area (Å²) in [5.41, 5.74) is 4.23. The summed E-state index contributed by atoms with van der Waals surface area (Å²) < 4.78 is 8.39. The number of carbonyl (C=O) groups is 1. The lowest BCUT2D eigenvalue weighted by atomic mass is 10.1. The Bertz CT molecular complexity index is 1110. The van der Waals surface area contributed by atoms with Crippen molar-refractivity contribution in [1.82, 2.24) is 14.5 Å². The van der Waals surface area contributed by atoms with Gasteiger partial charge in [0.15, 0.2) is 0 Å². The minimum Gasteiger partial charge on any atom is -0.378 e. The number of morpholine rings is 1. The van der Waals surface area contributed by atoms with E-state index in [-0.39, 0.29) is 5.91 Å². The molecule has 0 spiro atoms. The molecule has 152 valence electrons. The number of hydrogen-bond donors (Lipinski definition) is 0. The molecule has 1 saturated heterocycles. The second-order valence-corrected chi connectivity index (χ2v) is 8.74. The third-order valence-corrected chi connectivity index (χ3v) is 7.03. The lowest BCUT2D eigenvalue weighted by Gasteiger charge is -2.27. The molecule has 0 radical (unpaired) electrons. The number of aryl methyl sites for hydroxylation is 2. The summed E-state index contributed by atoms with van der Waals surface area (Å²) in [5, 5.41) is 0.914. The van der Waals surface area contributed by atoms with Crippen molar-refractivity contribution in [3.8, 4) is 0 Å². The number of carbonyl (C=O) groups excluding carboxylic acids is 1. The van der Waals surface area contributed by atoms with E-state index in [1.54, 1.807) is 17.0 Å². The molecule has 1 aliphatic heterocycles. The first kappa shape index (κ1) is 20.7. The van der Waals surface area contributed by atoms with Crippen molar-refractivity contribution in [3.05, 3.63) is 61.3 Å². The van der Waals surface area contributed by atoms with Crippen molar-refractivity contribution < 1.29 is 9.53 Å². The summed E-state index contributed by atoms with van der Waals surface area (Å²) in [5.74, 6) is 0.738. The van der Waals surface area contributed by atoms with Crippen LogP contribution in [0.15, 0.2) is 28.7 Å². The van der Waals surface area contributed by atoms with E-state index in [0.29, 0.717) is 53.9 Å². The summed E-state index contributed by atoms with van der Waals surface area (Å²) in [4.78, 5) is 19.5. The van der Waals surface area contributed by atoms with Gasteiger partial charge in [-0.15, -0.1) is 0 Å². The number of ether oxygens (including phenoxy) is 1. The Morgan fingerprint density at radius 1 is 1.21 bits per heavy atom. The van der Waals surface area contributed by atoms with Crippen LogP contribution in [-0.4, -0.2) is 46.7 Å². The van der Waals surface area contributed by atoms with Gasteiger partial charge >= 0.3 is 0 Å². The number of rotatable bonds is 3. The minimum atomic E-state index is -0.0963. The van der Waals surface area contributed by atoms with Crippen LogP contribution in [0.25, 0.3) is 11.0 Å². The molecule has 0 atom stereocenters. The van der Waals surface area contributed by atoms with E-state index in [1.165, 1.54) is 0 Å². The van der Waals surface area contributed by atoms with Crippen molar-refractivity contribution in [1.29, 1.82) is 0 Å². The van der Waals surface area contributed by atoms with Gasteiger partial charge < -0.3 is 14.2 Å². The highest BCUT2D eigenvalue weighted by Gasteiger charge is 2.24. The van der Waals surface area contributed by atoms with Gasteiger partial charge in [-0.2, -0.15) is 0 Å². The Balaban J connectivity index is 1.72. The topological polar surface area (TPSA) is 47.4 Å². The lowest BCUT2D eigenvalue weighted by Crippen LogP contribution is -2.40. The third-order valence-electron chi connectivity index (χ3n) is 5.38. The average Bonchev–Trinajstić information content (AvgIpc) is 3.04. The lowest BCUT2D eigenvalue weighted by molar-refractivity contribution is 0.0303. The predicted molar refractivity (Wildman–Crippen MR) is 119 cm³/mol. The van der Waals surface area contributed by atoms with E-state index in [2.05, 4.69) is 15.9 Å².